The molecule has 0 aliphatic carbocycles. The van der Waals surface area contributed by atoms with Crippen LogP contribution in [0.15, 0.2) is 0 Å². The normalized spacial score (nSPS) is 25.2. The maximum atomic E-state index is 11.4. The van der Waals surface area contributed by atoms with Crippen molar-refractivity contribution in [3.05, 3.63) is 0 Å². The van der Waals surface area contributed by atoms with Crippen LogP contribution in [-0.2, 0) is 4.79 Å². The number of likely N-dealkylation sites (tertiary alicyclic amines) is 1. The third-order valence-electron chi connectivity index (χ3n) is 2.22. The summed E-state index contributed by atoms with van der Waals surface area (Å²) in [5, 5.41) is 9.17. The molecule has 1 heterocycles. The Morgan fingerprint density at radius 3 is 2.67 bits per heavy atom. The summed E-state index contributed by atoms with van der Waals surface area (Å²) in [7, 11) is 0. The highest BCUT2D eigenvalue weighted by Crippen LogP contribution is 2.24. The van der Waals surface area contributed by atoms with Crippen LogP contribution in [0.2, 0.25) is 0 Å². The quantitative estimate of drug-likeness (QED) is 0.613. The topological polar surface area (TPSA) is 40.5 Å². The van der Waals surface area contributed by atoms with Crippen LogP contribution in [0.3, 0.4) is 0 Å². The molecule has 1 unspecified atom stereocenters. The van der Waals surface area contributed by atoms with Crippen molar-refractivity contribution in [3.8, 4) is 0 Å². The zero-order valence-electron chi connectivity index (χ0n) is 7.45. The zero-order chi connectivity index (χ0) is 9.35. The van der Waals surface area contributed by atoms with Crippen molar-refractivity contribution in [1.29, 1.82) is 0 Å². The van der Waals surface area contributed by atoms with E-state index in [2.05, 4.69) is 12.6 Å². The van der Waals surface area contributed by atoms with Gasteiger partial charge in [-0.05, 0) is 13.8 Å². The van der Waals surface area contributed by atoms with Crippen LogP contribution in [-0.4, -0.2) is 39.9 Å². The van der Waals surface area contributed by atoms with E-state index in [1.807, 2.05) is 13.8 Å². The third-order valence-corrected chi connectivity index (χ3v) is 2.57. The Bertz CT molecular complexity index is 193. The van der Waals surface area contributed by atoms with Gasteiger partial charge in [0, 0.05) is 18.2 Å². The molecule has 1 rings (SSSR count). The van der Waals surface area contributed by atoms with Gasteiger partial charge < -0.3 is 10.0 Å². The van der Waals surface area contributed by atoms with E-state index in [1.54, 1.807) is 4.90 Å². The van der Waals surface area contributed by atoms with Gasteiger partial charge in [-0.25, -0.2) is 0 Å². The first-order valence-corrected chi connectivity index (χ1v) is 4.58. The van der Waals surface area contributed by atoms with E-state index < -0.39 is 5.54 Å². The fourth-order valence-corrected chi connectivity index (χ4v) is 1.68. The Hall–Kier alpha value is -0.220. The molecule has 1 N–H and O–H groups in total. The molecular formula is C8H15NO2S. The number of rotatable bonds is 2. The summed E-state index contributed by atoms with van der Waals surface area (Å²) in [6.07, 6.45) is 0.493. The van der Waals surface area contributed by atoms with E-state index >= 15 is 0 Å². The summed E-state index contributed by atoms with van der Waals surface area (Å²) in [5.74, 6) is 0.0917. The van der Waals surface area contributed by atoms with Crippen molar-refractivity contribution in [1.82, 2.24) is 4.90 Å². The first kappa shape index (κ1) is 9.86. The monoisotopic (exact) mass is 189 g/mol. The van der Waals surface area contributed by atoms with Gasteiger partial charge in [-0.2, -0.15) is 12.6 Å². The lowest BCUT2D eigenvalue weighted by Gasteiger charge is -2.33. The number of thiol groups is 1. The number of carbonyl (C=O) groups is 1. The molecule has 0 aromatic rings. The summed E-state index contributed by atoms with van der Waals surface area (Å²) in [6.45, 7) is 4.36. The molecule has 12 heavy (non-hydrogen) atoms. The molecule has 1 atom stereocenters. The zero-order valence-corrected chi connectivity index (χ0v) is 8.34. The second kappa shape index (κ2) is 3.26. The molecule has 3 nitrogen and oxygen atoms in total. The van der Waals surface area contributed by atoms with E-state index in [9.17, 15) is 4.79 Å². The molecule has 1 fully saturated rings. The van der Waals surface area contributed by atoms with Crippen molar-refractivity contribution in [2.24, 2.45) is 0 Å². The highest BCUT2D eigenvalue weighted by Gasteiger charge is 2.36. The van der Waals surface area contributed by atoms with Gasteiger partial charge in [0.15, 0.2) is 0 Å². The molecule has 0 saturated carbocycles. The van der Waals surface area contributed by atoms with Crippen LogP contribution in [0.25, 0.3) is 0 Å². The van der Waals surface area contributed by atoms with Crippen LogP contribution < -0.4 is 0 Å². The first-order valence-electron chi connectivity index (χ1n) is 4.07. The molecule has 0 aromatic heterocycles. The molecular weight excluding hydrogens is 174 g/mol. The van der Waals surface area contributed by atoms with E-state index in [0.717, 1.165) is 0 Å². The highest BCUT2D eigenvalue weighted by molar-refractivity contribution is 7.81. The van der Waals surface area contributed by atoms with Gasteiger partial charge in [-0.15, -0.1) is 0 Å². The minimum absolute atomic E-state index is 0.000756. The number of hydrogen-bond acceptors (Lipinski definition) is 3. The van der Waals surface area contributed by atoms with E-state index in [0.29, 0.717) is 13.0 Å². The number of hydrogen-bond donors (Lipinski definition) is 2. The Kier molecular flexibility index (Phi) is 2.68. The maximum absolute atomic E-state index is 11.4. The predicted molar refractivity (Wildman–Crippen MR) is 50.3 cm³/mol. The second-order valence-electron chi connectivity index (χ2n) is 3.83. The number of nitrogens with zero attached hydrogens (tertiary/aromatic N) is 1. The second-order valence-corrected chi connectivity index (χ2v) is 4.56. The molecule has 1 aliphatic rings. The maximum Gasteiger partial charge on any atom is 0.224 e. The van der Waals surface area contributed by atoms with Gasteiger partial charge in [0.05, 0.1) is 12.1 Å². The lowest BCUT2D eigenvalue weighted by atomic mass is 10.1. The van der Waals surface area contributed by atoms with Crippen molar-refractivity contribution >= 4 is 18.5 Å². The Balaban J connectivity index is 2.70. The summed E-state index contributed by atoms with van der Waals surface area (Å²) in [5.41, 5.74) is -0.436. The summed E-state index contributed by atoms with van der Waals surface area (Å²) < 4.78 is 0. The highest BCUT2D eigenvalue weighted by atomic mass is 32.1. The number of amides is 1. The van der Waals surface area contributed by atoms with Crippen LogP contribution in [0.4, 0.5) is 0 Å². The van der Waals surface area contributed by atoms with Crippen molar-refractivity contribution < 1.29 is 9.90 Å². The minimum Gasteiger partial charge on any atom is -0.394 e. The summed E-state index contributed by atoms with van der Waals surface area (Å²) in [6, 6.07) is 0. The average molecular weight is 189 g/mol. The van der Waals surface area contributed by atoms with Crippen LogP contribution in [0.5, 0.6) is 0 Å². The smallest absolute Gasteiger partial charge is 0.224 e. The van der Waals surface area contributed by atoms with Gasteiger partial charge in [0.25, 0.3) is 0 Å². The molecule has 1 amide bonds. The standard InChI is InChI=1S/C8H15NO2S/c1-8(2,5-10)9-4-6(12)3-7(9)11/h6,10,12H,3-5H2,1-2H3. The first-order chi connectivity index (χ1) is 5.47. The molecule has 70 valence electrons. The van der Waals surface area contributed by atoms with Crippen LogP contribution in [0, 0.1) is 0 Å². The lowest BCUT2D eigenvalue weighted by Crippen LogP contribution is -2.47. The average Bonchev–Trinajstić information content (AvgIpc) is 2.31. The number of carbonyl (C=O) groups excluding carboxylic acids is 1. The van der Waals surface area contributed by atoms with Gasteiger partial charge in [-0.1, -0.05) is 0 Å². The molecule has 0 aromatic carbocycles. The SMILES string of the molecule is CC(C)(CO)N1CC(S)CC1=O. The van der Waals surface area contributed by atoms with E-state index in [4.69, 9.17) is 5.11 Å². The Morgan fingerprint density at radius 1 is 1.75 bits per heavy atom. The van der Waals surface area contributed by atoms with Crippen LogP contribution in [0.1, 0.15) is 20.3 Å². The minimum atomic E-state index is -0.436. The Morgan fingerprint density at radius 2 is 2.33 bits per heavy atom. The molecule has 0 bridgehead atoms. The van der Waals surface area contributed by atoms with Crippen LogP contribution >= 0.6 is 12.6 Å². The lowest BCUT2D eigenvalue weighted by molar-refractivity contribution is -0.133. The van der Waals surface area contributed by atoms with Gasteiger partial charge >= 0.3 is 0 Å². The fourth-order valence-electron chi connectivity index (χ4n) is 1.36. The molecule has 0 spiro atoms. The molecule has 1 saturated heterocycles. The third kappa shape index (κ3) is 1.75. The van der Waals surface area contributed by atoms with Crippen molar-refractivity contribution in [2.75, 3.05) is 13.2 Å². The molecule has 0 radical (unpaired) electrons. The number of aliphatic hydroxyl groups excluding tert-OH is 1. The van der Waals surface area contributed by atoms with Gasteiger partial charge in [0.2, 0.25) is 5.91 Å². The Labute approximate surface area is 78.2 Å². The van der Waals surface area contributed by atoms with Crippen molar-refractivity contribution in [2.45, 2.75) is 31.1 Å². The molecule has 1 aliphatic heterocycles. The molecule has 4 heteroatoms. The summed E-state index contributed by atoms with van der Waals surface area (Å²) >= 11 is 4.24. The largest absolute Gasteiger partial charge is 0.394 e. The summed E-state index contributed by atoms with van der Waals surface area (Å²) in [4.78, 5) is 13.1. The van der Waals surface area contributed by atoms with Crippen molar-refractivity contribution in [3.63, 3.8) is 0 Å². The van der Waals surface area contributed by atoms with Gasteiger partial charge in [-0.3, -0.25) is 4.79 Å². The van der Waals surface area contributed by atoms with Gasteiger partial charge in [0.1, 0.15) is 0 Å². The van der Waals surface area contributed by atoms with E-state index in [1.165, 1.54) is 0 Å². The number of aliphatic hydroxyl groups is 1. The fraction of sp³-hybridized carbons (Fsp3) is 0.875. The van der Waals surface area contributed by atoms with E-state index in [-0.39, 0.29) is 17.8 Å². The predicted octanol–water partition coefficient (Wildman–Crippen LogP) is 0.288.